The standard InChI is InChI=1S/C14H26N4O4/c1-21-10-12(15)14(20)16-11-8-13(19)18(9-11)3-2-17-4-6-22-7-5-17/h11-12H,2-10,15H2,1H3,(H,16,20). The monoisotopic (exact) mass is 314 g/mol. The van der Waals surface area contributed by atoms with Gasteiger partial charge in [0.05, 0.1) is 25.9 Å². The minimum absolute atomic E-state index is 0.0823. The molecule has 0 spiro atoms. The zero-order valence-corrected chi connectivity index (χ0v) is 13.1. The fourth-order valence-corrected chi connectivity index (χ4v) is 2.74. The summed E-state index contributed by atoms with van der Waals surface area (Å²) < 4.78 is 10.2. The second-order valence-corrected chi connectivity index (χ2v) is 5.77. The first-order chi connectivity index (χ1) is 10.6. The summed E-state index contributed by atoms with van der Waals surface area (Å²) in [7, 11) is 1.50. The lowest BCUT2D eigenvalue weighted by atomic mass is 10.2. The summed E-state index contributed by atoms with van der Waals surface area (Å²) in [5.41, 5.74) is 5.68. The fraction of sp³-hybridized carbons (Fsp3) is 0.857. The number of nitrogens with zero attached hydrogens (tertiary/aromatic N) is 2. The molecular weight excluding hydrogens is 288 g/mol. The van der Waals surface area contributed by atoms with Crippen LogP contribution in [0.25, 0.3) is 0 Å². The highest BCUT2D eigenvalue weighted by atomic mass is 16.5. The van der Waals surface area contributed by atoms with Gasteiger partial charge in [-0.2, -0.15) is 0 Å². The average Bonchev–Trinajstić information content (AvgIpc) is 2.86. The Morgan fingerprint density at radius 2 is 2.18 bits per heavy atom. The molecule has 2 fully saturated rings. The molecular formula is C14H26N4O4. The van der Waals surface area contributed by atoms with Gasteiger partial charge in [0.15, 0.2) is 0 Å². The van der Waals surface area contributed by atoms with Gasteiger partial charge >= 0.3 is 0 Å². The quantitative estimate of drug-likeness (QED) is 0.565. The van der Waals surface area contributed by atoms with Gasteiger partial charge < -0.3 is 25.4 Å². The van der Waals surface area contributed by atoms with Crippen molar-refractivity contribution in [2.45, 2.75) is 18.5 Å². The number of carbonyl (C=O) groups excluding carboxylic acids is 2. The topological polar surface area (TPSA) is 97.1 Å². The summed E-state index contributed by atoms with van der Waals surface area (Å²) in [6.07, 6.45) is 0.342. The van der Waals surface area contributed by atoms with Crippen molar-refractivity contribution in [3.8, 4) is 0 Å². The maximum absolute atomic E-state index is 12.0. The molecule has 2 heterocycles. The van der Waals surface area contributed by atoms with E-state index in [1.165, 1.54) is 7.11 Å². The summed E-state index contributed by atoms with van der Waals surface area (Å²) in [6, 6.07) is -0.852. The van der Waals surface area contributed by atoms with Gasteiger partial charge in [-0.05, 0) is 0 Å². The first kappa shape index (κ1) is 17.1. The number of rotatable bonds is 7. The lowest BCUT2D eigenvalue weighted by Gasteiger charge is -2.28. The van der Waals surface area contributed by atoms with Gasteiger partial charge in [0.1, 0.15) is 6.04 Å². The van der Waals surface area contributed by atoms with Crippen molar-refractivity contribution in [3.63, 3.8) is 0 Å². The Kier molecular flexibility index (Phi) is 6.56. The first-order valence-electron chi connectivity index (χ1n) is 7.73. The van der Waals surface area contributed by atoms with Gasteiger partial charge in [-0.15, -0.1) is 0 Å². The second kappa shape index (κ2) is 8.42. The van der Waals surface area contributed by atoms with Gasteiger partial charge in [-0.25, -0.2) is 0 Å². The van der Waals surface area contributed by atoms with Crippen LogP contribution in [0, 0.1) is 0 Å². The van der Waals surface area contributed by atoms with Crippen LogP contribution in [-0.2, 0) is 19.1 Å². The number of methoxy groups -OCH3 is 1. The van der Waals surface area contributed by atoms with Crippen molar-refractivity contribution in [1.82, 2.24) is 15.1 Å². The third-order valence-corrected chi connectivity index (χ3v) is 4.03. The van der Waals surface area contributed by atoms with Crippen LogP contribution < -0.4 is 11.1 Å². The molecule has 126 valence electrons. The number of amides is 2. The number of ether oxygens (including phenoxy) is 2. The molecule has 2 rings (SSSR count). The number of hydrogen-bond acceptors (Lipinski definition) is 6. The van der Waals surface area contributed by atoms with Crippen molar-refractivity contribution in [1.29, 1.82) is 0 Å². The van der Waals surface area contributed by atoms with E-state index < -0.39 is 6.04 Å². The molecule has 2 atom stereocenters. The zero-order valence-electron chi connectivity index (χ0n) is 13.1. The van der Waals surface area contributed by atoms with E-state index >= 15 is 0 Å². The Hall–Kier alpha value is -1.22. The van der Waals surface area contributed by atoms with Crippen molar-refractivity contribution < 1.29 is 19.1 Å². The summed E-state index contributed by atoms with van der Waals surface area (Å²) in [4.78, 5) is 27.9. The Balaban J connectivity index is 1.72. The number of hydrogen-bond donors (Lipinski definition) is 2. The van der Waals surface area contributed by atoms with Gasteiger partial charge in [-0.3, -0.25) is 14.5 Å². The molecule has 0 radical (unpaired) electrons. The third kappa shape index (κ3) is 4.91. The van der Waals surface area contributed by atoms with Crippen molar-refractivity contribution in [2.24, 2.45) is 5.73 Å². The first-order valence-corrected chi connectivity index (χ1v) is 7.73. The van der Waals surface area contributed by atoms with E-state index in [1.807, 2.05) is 4.90 Å². The maximum atomic E-state index is 12.0. The van der Waals surface area contributed by atoms with Crippen molar-refractivity contribution in [3.05, 3.63) is 0 Å². The Morgan fingerprint density at radius 3 is 2.86 bits per heavy atom. The Labute approximate surface area is 130 Å². The minimum atomic E-state index is -0.692. The van der Waals surface area contributed by atoms with Gasteiger partial charge in [0.25, 0.3) is 0 Å². The predicted octanol–water partition coefficient (Wildman–Crippen LogP) is -1.99. The molecule has 3 N–H and O–H groups in total. The summed E-state index contributed by atoms with van der Waals surface area (Å²) in [6.45, 7) is 5.59. The number of likely N-dealkylation sites (tertiary alicyclic amines) is 1. The number of morpholine rings is 1. The van der Waals surface area contributed by atoms with Crippen LogP contribution >= 0.6 is 0 Å². The maximum Gasteiger partial charge on any atom is 0.239 e. The number of carbonyl (C=O) groups is 2. The normalized spacial score (nSPS) is 24.5. The molecule has 2 amide bonds. The van der Waals surface area contributed by atoms with E-state index in [4.69, 9.17) is 15.2 Å². The number of nitrogens with one attached hydrogen (secondary N) is 1. The molecule has 2 saturated heterocycles. The van der Waals surface area contributed by atoms with E-state index in [2.05, 4.69) is 10.2 Å². The predicted molar refractivity (Wildman–Crippen MR) is 80.2 cm³/mol. The smallest absolute Gasteiger partial charge is 0.239 e. The highest BCUT2D eigenvalue weighted by Crippen LogP contribution is 2.11. The van der Waals surface area contributed by atoms with E-state index in [0.717, 1.165) is 32.8 Å². The molecule has 0 saturated carbocycles. The highest BCUT2D eigenvalue weighted by molar-refractivity contribution is 5.84. The zero-order chi connectivity index (χ0) is 15.9. The van der Waals surface area contributed by atoms with Crippen LogP contribution in [0.4, 0.5) is 0 Å². The van der Waals surface area contributed by atoms with Crippen LogP contribution in [-0.4, -0.2) is 93.4 Å². The molecule has 0 bridgehead atoms. The fourth-order valence-electron chi connectivity index (χ4n) is 2.74. The molecule has 0 aromatic rings. The Morgan fingerprint density at radius 1 is 1.45 bits per heavy atom. The van der Waals surface area contributed by atoms with Crippen LogP contribution in [0.3, 0.4) is 0 Å². The van der Waals surface area contributed by atoms with Crippen molar-refractivity contribution >= 4 is 11.8 Å². The largest absolute Gasteiger partial charge is 0.383 e. The highest BCUT2D eigenvalue weighted by Gasteiger charge is 2.31. The molecule has 0 aliphatic carbocycles. The van der Waals surface area contributed by atoms with Crippen LogP contribution in [0.2, 0.25) is 0 Å². The third-order valence-electron chi connectivity index (χ3n) is 4.03. The molecule has 8 nitrogen and oxygen atoms in total. The van der Waals surface area contributed by atoms with E-state index in [9.17, 15) is 9.59 Å². The molecule has 8 heteroatoms. The molecule has 2 aliphatic rings. The van der Waals surface area contributed by atoms with E-state index in [0.29, 0.717) is 19.5 Å². The summed E-state index contributed by atoms with van der Waals surface area (Å²) >= 11 is 0. The van der Waals surface area contributed by atoms with Crippen molar-refractivity contribution in [2.75, 3.05) is 59.7 Å². The van der Waals surface area contributed by atoms with E-state index in [-0.39, 0.29) is 24.5 Å². The molecule has 2 aliphatic heterocycles. The van der Waals surface area contributed by atoms with Gasteiger partial charge in [0, 0.05) is 46.3 Å². The SMILES string of the molecule is COCC(N)C(=O)NC1CC(=O)N(CCN2CCOCC2)C1. The van der Waals surface area contributed by atoms with Crippen LogP contribution in [0.15, 0.2) is 0 Å². The minimum Gasteiger partial charge on any atom is -0.383 e. The summed E-state index contributed by atoms with van der Waals surface area (Å²) in [5.74, 6) is -0.187. The van der Waals surface area contributed by atoms with E-state index in [1.54, 1.807) is 0 Å². The lowest BCUT2D eigenvalue weighted by molar-refractivity contribution is -0.128. The molecule has 0 aromatic heterocycles. The van der Waals surface area contributed by atoms with Gasteiger partial charge in [0.2, 0.25) is 11.8 Å². The molecule has 2 unspecified atom stereocenters. The Bertz CT molecular complexity index is 387. The lowest BCUT2D eigenvalue weighted by Crippen LogP contribution is -2.48. The second-order valence-electron chi connectivity index (χ2n) is 5.77. The average molecular weight is 314 g/mol. The van der Waals surface area contributed by atoms with Crippen LogP contribution in [0.1, 0.15) is 6.42 Å². The van der Waals surface area contributed by atoms with Gasteiger partial charge in [-0.1, -0.05) is 0 Å². The van der Waals surface area contributed by atoms with Crippen LogP contribution in [0.5, 0.6) is 0 Å². The molecule has 0 aromatic carbocycles. The molecule has 22 heavy (non-hydrogen) atoms. The number of nitrogens with two attached hydrogens (primary N) is 1. The summed E-state index contributed by atoms with van der Waals surface area (Å²) in [5, 5.41) is 2.82.